The van der Waals surface area contributed by atoms with Crippen LogP contribution in [0.4, 0.5) is 0 Å². The van der Waals surface area contributed by atoms with Crippen LogP contribution in [0.5, 0.6) is 0 Å². The average Bonchev–Trinajstić information content (AvgIpc) is 3.28. The Hall–Kier alpha value is -3.93. The first-order valence-corrected chi connectivity index (χ1v) is 25.5. The molecule has 0 aromatic heterocycles. The van der Waals surface area contributed by atoms with Gasteiger partial charge in [-0.05, 0) is 83.5 Å². The summed E-state index contributed by atoms with van der Waals surface area (Å²) < 4.78 is 16.7. The van der Waals surface area contributed by atoms with Crippen LogP contribution in [-0.2, 0) is 28.6 Å². The molecule has 0 radical (unpaired) electrons. The number of carbonyl (C=O) groups excluding carboxylic acids is 3. The van der Waals surface area contributed by atoms with Crippen LogP contribution in [0.2, 0.25) is 0 Å². The highest BCUT2D eigenvalue weighted by atomic mass is 16.6. The maximum atomic E-state index is 12.8. The summed E-state index contributed by atoms with van der Waals surface area (Å²) in [6.45, 7) is 6.37. The van der Waals surface area contributed by atoms with Crippen molar-refractivity contribution in [2.45, 2.75) is 219 Å². The summed E-state index contributed by atoms with van der Waals surface area (Å²) in [5, 5.41) is 0. The molecule has 0 aliphatic heterocycles. The van der Waals surface area contributed by atoms with Gasteiger partial charge >= 0.3 is 17.9 Å². The molecule has 63 heavy (non-hydrogen) atoms. The molecule has 0 saturated carbocycles. The topological polar surface area (TPSA) is 78.9 Å². The predicted molar refractivity (Wildman–Crippen MR) is 270 cm³/mol. The van der Waals surface area contributed by atoms with E-state index in [1.54, 1.807) is 0 Å². The Balaban J connectivity index is 4.50. The number of esters is 3. The Morgan fingerprint density at radius 1 is 0.333 bits per heavy atom. The lowest BCUT2D eigenvalue weighted by molar-refractivity contribution is -0.167. The lowest BCUT2D eigenvalue weighted by atomic mass is 10.1. The van der Waals surface area contributed by atoms with Crippen LogP contribution >= 0.6 is 0 Å². The van der Waals surface area contributed by atoms with Crippen LogP contribution in [-0.4, -0.2) is 37.2 Å². The van der Waals surface area contributed by atoms with E-state index in [0.29, 0.717) is 19.3 Å². The van der Waals surface area contributed by atoms with Crippen molar-refractivity contribution in [3.63, 3.8) is 0 Å². The number of hydrogen-bond acceptors (Lipinski definition) is 6. The molecule has 6 nitrogen and oxygen atoms in total. The van der Waals surface area contributed by atoms with E-state index in [9.17, 15) is 14.4 Å². The second kappa shape index (κ2) is 50.7. The number of carbonyl (C=O) groups is 3. The minimum absolute atomic E-state index is 0.101. The van der Waals surface area contributed by atoms with E-state index in [-0.39, 0.29) is 31.1 Å². The minimum atomic E-state index is -0.803. The summed E-state index contributed by atoms with van der Waals surface area (Å²) in [5.74, 6) is -0.967. The molecular weight excluding hydrogens is 781 g/mol. The van der Waals surface area contributed by atoms with Gasteiger partial charge in [0.1, 0.15) is 13.2 Å². The van der Waals surface area contributed by atoms with Gasteiger partial charge in [0, 0.05) is 19.3 Å². The Bertz CT molecular complexity index is 1330. The minimum Gasteiger partial charge on any atom is -0.462 e. The molecule has 0 saturated heterocycles. The highest BCUT2D eigenvalue weighted by Crippen LogP contribution is 2.13. The van der Waals surface area contributed by atoms with Gasteiger partial charge in [0.15, 0.2) is 6.10 Å². The molecule has 1 unspecified atom stereocenters. The molecule has 0 rings (SSSR count). The molecule has 0 aromatic rings. The highest BCUT2D eigenvalue weighted by molar-refractivity contribution is 5.71. The maximum absolute atomic E-state index is 12.8. The second-order valence-electron chi connectivity index (χ2n) is 16.5. The molecule has 0 spiro atoms. The second-order valence-corrected chi connectivity index (χ2v) is 16.5. The van der Waals surface area contributed by atoms with Crippen molar-refractivity contribution in [3.8, 4) is 0 Å². The van der Waals surface area contributed by atoms with Gasteiger partial charge in [0.25, 0.3) is 0 Å². The van der Waals surface area contributed by atoms with E-state index < -0.39 is 6.10 Å². The molecule has 0 fully saturated rings. The third-order valence-electron chi connectivity index (χ3n) is 10.4. The fourth-order valence-corrected chi connectivity index (χ4v) is 6.58. The van der Waals surface area contributed by atoms with Crippen LogP contribution in [0.1, 0.15) is 213 Å². The van der Waals surface area contributed by atoms with E-state index >= 15 is 0 Å². The molecule has 0 heterocycles. The predicted octanol–water partition coefficient (Wildman–Crippen LogP) is 16.8. The van der Waals surface area contributed by atoms with Crippen molar-refractivity contribution in [1.29, 1.82) is 0 Å². The molecule has 356 valence electrons. The lowest BCUT2D eigenvalue weighted by Crippen LogP contribution is -2.30. The molecule has 6 heteroatoms. The van der Waals surface area contributed by atoms with Crippen molar-refractivity contribution in [3.05, 3.63) is 109 Å². The zero-order valence-corrected chi connectivity index (χ0v) is 40.5. The molecule has 1 atom stereocenters. The van der Waals surface area contributed by atoms with Gasteiger partial charge in [-0.2, -0.15) is 0 Å². The SMILES string of the molecule is CC\C=C/C=C\C=C/C=C\C=C\C=C/C=C\CCCCCC(=O)OCC(COC(=O)CCCCCCC/C=C\CCCC)OC(=O)CCCCCCCCC/C=C\CCCCCC. The first-order chi connectivity index (χ1) is 31.0. The molecule has 0 aromatic carbocycles. The molecule has 0 amide bonds. The normalized spacial score (nSPS) is 13.0. The van der Waals surface area contributed by atoms with E-state index in [1.165, 1.54) is 89.9 Å². The first-order valence-electron chi connectivity index (χ1n) is 25.5. The quantitative estimate of drug-likeness (QED) is 0.0199. The number of unbranched alkanes of at least 4 members (excludes halogenated alkanes) is 21. The van der Waals surface area contributed by atoms with Crippen LogP contribution in [0, 0.1) is 0 Å². The summed E-state index contributed by atoms with van der Waals surface area (Å²) in [5.41, 5.74) is 0. The number of allylic oxidation sites excluding steroid dienone is 18. The lowest BCUT2D eigenvalue weighted by Gasteiger charge is -2.18. The fourth-order valence-electron chi connectivity index (χ4n) is 6.58. The van der Waals surface area contributed by atoms with Crippen molar-refractivity contribution < 1.29 is 28.6 Å². The Labute approximate surface area is 387 Å². The number of rotatable bonds is 44. The van der Waals surface area contributed by atoms with Gasteiger partial charge in [0.2, 0.25) is 0 Å². The van der Waals surface area contributed by atoms with Gasteiger partial charge in [-0.1, -0.05) is 220 Å². The molecule has 0 aliphatic carbocycles. The summed E-state index contributed by atoms with van der Waals surface area (Å²) >= 11 is 0. The third-order valence-corrected chi connectivity index (χ3v) is 10.4. The van der Waals surface area contributed by atoms with Crippen LogP contribution in [0.3, 0.4) is 0 Å². The summed E-state index contributed by atoms with van der Waals surface area (Å²) in [6, 6.07) is 0. The zero-order chi connectivity index (χ0) is 45.8. The monoisotopic (exact) mass is 873 g/mol. The molecule has 0 bridgehead atoms. The Morgan fingerprint density at radius 3 is 1.08 bits per heavy atom. The fraction of sp³-hybridized carbons (Fsp3) is 0.632. The largest absolute Gasteiger partial charge is 0.462 e. The molecule has 0 aliphatic rings. The van der Waals surface area contributed by atoms with Gasteiger partial charge < -0.3 is 14.2 Å². The molecular formula is C57H92O6. The first kappa shape index (κ1) is 59.1. The van der Waals surface area contributed by atoms with Crippen molar-refractivity contribution in [2.75, 3.05) is 13.2 Å². The number of hydrogen-bond donors (Lipinski definition) is 0. The third kappa shape index (κ3) is 49.0. The van der Waals surface area contributed by atoms with Crippen molar-refractivity contribution >= 4 is 17.9 Å². The van der Waals surface area contributed by atoms with Gasteiger partial charge in [0.05, 0.1) is 0 Å². The maximum Gasteiger partial charge on any atom is 0.306 e. The smallest absolute Gasteiger partial charge is 0.306 e. The molecule has 0 N–H and O–H groups in total. The van der Waals surface area contributed by atoms with Crippen LogP contribution in [0.25, 0.3) is 0 Å². The van der Waals surface area contributed by atoms with Gasteiger partial charge in [-0.25, -0.2) is 0 Å². The van der Waals surface area contributed by atoms with E-state index in [1.807, 2.05) is 72.9 Å². The van der Waals surface area contributed by atoms with Crippen LogP contribution in [0.15, 0.2) is 109 Å². The zero-order valence-electron chi connectivity index (χ0n) is 40.5. The standard InChI is InChI=1S/C57H92O6/c1-4-7-10-13-16-19-22-24-26-27-28-29-31-32-35-38-41-44-47-50-56(59)62-53-54(52-61-55(58)49-46-43-40-37-34-21-18-15-12-9-6-3)63-57(60)51-48-45-42-39-36-33-30-25-23-20-17-14-11-8-5-2/h7,10,13,15-16,18-20,22-24,26-29,31-32,35,54H,4-6,8-9,11-12,14,17,21,25,30,33-34,36-53H2,1-3H3/b10-7-,16-13-,18-15-,22-19-,23-20-,26-24-,28-27+,31-29-,35-32-. The highest BCUT2D eigenvalue weighted by Gasteiger charge is 2.19. The van der Waals surface area contributed by atoms with E-state index in [4.69, 9.17) is 14.2 Å². The summed E-state index contributed by atoms with van der Waals surface area (Å²) in [6.07, 6.45) is 67.8. The van der Waals surface area contributed by atoms with Gasteiger partial charge in [-0.3, -0.25) is 14.4 Å². The van der Waals surface area contributed by atoms with Crippen molar-refractivity contribution in [1.82, 2.24) is 0 Å². The van der Waals surface area contributed by atoms with E-state index in [2.05, 4.69) is 57.2 Å². The van der Waals surface area contributed by atoms with Crippen molar-refractivity contribution in [2.24, 2.45) is 0 Å². The van der Waals surface area contributed by atoms with E-state index in [0.717, 1.165) is 83.5 Å². The Kier molecular flexibility index (Phi) is 47.5. The van der Waals surface area contributed by atoms with Gasteiger partial charge in [-0.15, -0.1) is 0 Å². The van der Waals surface area contributed by atoms with Crippen LogP contribution < -0.4 is 0 Å². The summed E-state index contributed by atoms with van der Waals surface area (Å²) in [7, 11) is 0. The Morgan fingerprint density at radius 2 is 0.651 bits per heavy atom. The average molecular weight is 873 g/mol. The summed E-state index contributed by atoms with van der Waals surface area (Å²) in [4.78, 5) is 37.9. The number of ether oxygens (including phenoxy) is 3.